The summed E-state index contributed by atoms with van der Waals surface area (Å²) in [5.41, 5.74) is 2.40. The van der Waals surface area contributed by atoms with E-state index < -0.39 is 5.67 Å². The molecule has 1 aromatic heterocycles. The molecule has 4 atom stereocenters. The second-order valence-electron chi connectivity index (χ2n) is 11.5. The summed E-state index contributed by atoms with van der Waals surface area (Å²) in [5.74, 6) is 1.35. The molecule has 7 nitrogen and oxygen atoms in total. The van der Waals surface area contributed by atoms with E-state index in [2.05, 4.69) is 52.1 Å². The Morgan fingerprint density at radius 2 is 2.03 bits per heavy atom. The molecule has 1 N–H and O–H groups in total. The zero-order chi connectivity index (χ0) is 25.7. The standard InChI is InChI=1S/C28H37F2N5O2/c1-17-10-24(37-9-8-34-14-19(12-29)15-34)32-27(36-3)25(17)26-20-4-5-23-22(13-31-33-23)21(20)11-18(2)35(26)16-28(30)6-7-28/h4-5,10,13,17-19,25-26H,6-9,11-12,14-16H2,1-3H3,(H,31,33)/t17?,18-,25?,26+/m1/s1. The summed E-state index contributed by atoms with van der Waals surface area (Å²) < 4.78 is 39.9. The van der Waals surface area contributed by atoms with Gasteiger partial charge in [0.05, 0.1) is 31.4 Å². The fourth-order valence-corrected chi connectivity index (χ4v) is 6.43. The van der Waals surface area contributed by atoms with E-state index in [0.717, 1.165) is 37.0 Å². The second kappa shape index (κ2) is 9.66. The van der Waals surface area contributed by atoms with Crippen LogP contribution in [0.4, 0.5) is 8.78 Å². The van der Waals surface area contributed by atoms with E-state index in [9.17, 15) is 4.39 Å². The number of benzene rings is 1. The quantitative estimate of drug-likeness (QED) is 0.566. The van der Waals surface area contributed by atoms with E-state index in [0.29, 0.717) is 37.8 Å². The fraction of sp³-hybridized carbons (Fsp3) is 0.643. The number of alkyl halides is 2. The number of aliphatic imine (C=N–C) groups is 1. The third-order valence-electron chi connectivity index (χ3n) is 8.71. The maximum absolute atomic E-state index is 15.2. The molecule has 1 aromatic carbocycles. The molecule has 2 fully saturated rings. The van der Waals surface area contributed by atoms with Gasteiger partial charge in [0.25, 0.3) is 0 Å². The molecule has 37 heavy (non-hydrogen) atoms. The van der Waals surface area contributed by atoms with Gasteiger partial charge in [-0.1, -0.05) is 13.0 Å². The van der Waals surface area contributed by atoms with E-state index in [1.165, 1.54) is 11.1 Å². The second-order valence-corrected chi connectivity index (χ2v) is 11.5. The van der Waals surface area contributed by atoms with Gasteiger partial charge in [0.1, 0.15) is 12.3 Å². The third-order valence-corrected chi connectivity index (χ3v) is 8.71. The predicted molar refractivity (Wildman–Crippen MR) is 139 cm³/mol. The molecule has 1 saturated heterocycles. The first kappa shape index (κ1) is 24.8. The summed E-state index contributed by atoms with van der Waals surface area (Å²) in [6.45, 7) is 7.37. The van der Waals surface area contributed by atoms with Crippen molar-refractivity contribution < 1.29 is 18.3 Å². The van der Waals surface area contributed by atoms with Crippen molar-refractivity contribution in [3.63, 3.8) is 0 Å². The lowest BCUT2D eigenvalue weighted by Gasteiger charge is -2.47. The Bertz CT molecular complexity index is 1200. The highest BCUT2D eigenvalue weighted by molar-refractivity contribution is 5.85. The van der Waals surface area contributed by atoms with Crippen LogP contribution in [-0.4, -0.2) is 84.2 Å². The molecule has 200 valence electrons. The lowest BCUT2D eigenvalue weighted by Crippen LogP contribution is -2.51. The molecule has 0 bridgehead atoms. The lowest BCUT2D eigenvalue weighted by atomic mass is 9.75. The van der Waals surface area contributed by atoms with Crippen molar-refractivity contribution in [1.29, 1.82) is 0 Å². The van der Waals surface area contributed by atoms with Crippen LogP contribution in [0.25, 0.3) is 10.9 Å². The smallest absolute Gasteiger partial charge is 0.212 e. The maximum Gasteiger partial charge on any atom is 0.212 e. The number of hydrogen-bond donors (Lipinski definition) is 1. The van der Waals surface area contributed by atoms with Crippen molar-refractivity contribution in [2.45, 2.75) is 50.9 Å². The summed E-state index contributed by atoms with van der Waals surface area (Å²) in [6, 6.07) is 4.35. The molecule has 0 amide bonds. The maximum atomic E-state index is 15.2. The van der Waals surface area contributed by atoms with E-state index in [4.69, 9.17) is 14.5 Å². The number of halogens is 2. The average Bonchev–Trinajstić information content (AvgIpc) is 3.38. The molecule has 2 unspecified atom stereocenters. The van der Waals surface area contributed by atoms with E-state index in [-0.39, 0.29) is 36.5 Å². The van der Waals surface area contributed by atoms with Crippen LogP contribution in [0.3, 0.4) is 0 Å². The van der Waals surface area contributed by atoms with Crippen LogP contribution < -0.4 is 0 Å². The summed E-state index contributed by atoms with van der Waals surface area (Å²) >= 11 is 0. The number of allylic oxidation sites excluding steroid dienone is 1. The Morgan fingerprint density at radius 1 is 1.22 bits per heavy atom. The first-order valence-corrected chi connectivity index (χ1v) is 13.5. The minimum Gasteiger partial charge on any atom is -0.484 e. The molecule has 3 aliphatic heterocycles. The number of rotatable bonds is 8. The van der Waals surface area contributed by atoms with E-state index in [1.54, 1.807) is 7.11 Å². The molecule has 0 radical (unpaired) electrons. The number of methoxy groups -OCH3 is 1. The molecule has 6 rings (SSSR count). The number of aromatic nitrogens is 2. The predicted octanol–water partition coefficient (Wildman–Crippen LogP) is 4.42. The summed E-state index contributed by atoms with van der Waals surface area (Å²) in [7, 11) is 1.66. The molecule has 4 aliphatic rings. The number of fused-ring (bicyclic) bond motifs is 3. The molecule has 9 heteroatoms. The highest BCUT2D eigenvalue weighted by Crippen LogP contribution is 2.49. The van der Waals surface area contributed by atoms with Crippen molar-refractivity contribution in [1.82, 2.24) is 20.0 Å². The Morgan fingerprint density at radius 3 is 2.76 bits per heavy atom. The van der Waals surface area contributed by atoms with Gasteiger partial charge in [-0.2, -0.15) is 10.1 Å². The van der Waals surface area contributed by atoms with Crippen LogP contribution in [-0.2, 0) is 15.9 Å². The zero-order valence-electron chi connectivity index (χ0n) is 21.9. The lowest BCUT2D eigenvalue weighted by molar-refractivity contribution is 0.0457. The van der Waals surface area contributed by atoms with Crippen LogP contribution in [0, 0.1) is 17.8 Å². The van der Waals surface area contributed by atoms with Gasteiger partial charge in [0.15, 0.2) is 5.90 Å². The minimum absolute atomic E-state index is 0.0721. The molecule has 2 aromatic rings. The zero-order valence-corrected chi connectivity index (χ0v) is 21.9. The summed E-state index contributed by atoms with van der Waals surface area (Å²) in [5, 5.41) is 8.51. The Labute approximate surface area is 216 Å². The van der Waals surface area contributed by atoms with Crippen molar-refractivity contribution in [2.24, 2.45) is 22.7 Å². The molecular formula is C28H37F2N5O2. The van der Waals surface area contributed by atoms with Crippen molar-refractivity contribution in [3.05, 3.63) is 41.4 Å². The Balaban J connectivity index is 1.28. The fourth-order valence-electron chi connectivity index (χ4n) is 6.43. The van der Waals surface area contributed by atoms with Crippen LogP contribution in [0.2, 0.25) is 0 Å². The van der Waals surface area contributed by atoms with Gasteiger partial charge in [0, 0.05) is 49.6 Å². The number of likely N-dealkylation sites (tertiary alicyclic amines) is 1. The summed E-state index contributed by atoms with van der Waals surface area (Å²) in [6.07, 6.45) is 6.08. The molecule has 0 spiro atoms. The third kappa shape index (κ3) is 4.65. The number of nitrogens with one attached hydrogen (secondary N) is 1. The van der Waals surface area contributed by atoms with Gasteiger partial charge in [-0.15, -0.1) is 0 Å². The van der Waals surface area contributed by atoms with Crippen LogP contribution >= 0.6 is 0 Å². The van der Waals surface area contributed by atoms with Gasteiger partial charge in [-0.25, -0.2) is 4.39 Å². The largest absolute Gasteiger partial charge is 0.484 e. The average molecular weight is 514 g/mol. The number of hydrogen-bond acceptors (Lipinski definition) is 6. The Kier molecular flexibility index (Phi) is 6.47. The monoisotopic (exact) mass is 513 g/mol. The Hall–Kier alpha value is -2.52. The molecule has 4 heterocycles. The van der Waals surface area contributed by atoms with Crippen molar-refractivity contribution in [3.8, 4) is 0 Å². The first-order valence-electron chi connectivity index (χ1n) is 13.5. The minimum atomic E-state index is -1.10. The highest BCUT2D eigenvalue weighted by Gasteiger charge is 2.50. The van der Waals surface area contributed by atoms with E-state index in [1.807, 2.05) is 6.20 Å². The first-order chi connectivity index (χ1) is 17.9. The van der Waals surface area contributed by atoms with Gasteiger partial charge in [-0.05, 0) is 55.4 Å². The number of aromatic amines is 1. The molecular weight excluding hydrogens is 476 g/mol. The number of H-pyrrole nitrogens is 1. The topological polar surface area (TPSA) is 66.0 Å². The number of ether oxygens (including phenoxy) is 2. The van der Waals surface area contributed by atoms with Gasteiger partial charge < -0.3 is 9.47 Å². The van der Waals surface area contributed by atoms with Crippen molar-refractivity contribution in [2.75, 3.05) is 46.6 Å². The van der Waals surface area contributed by atoms with Gasteiger partial charge in [-0.3, -0.25) is 19.3 Å². The number of nitrogens with zero attached hydrogens (tertiary/aromatic N) is 4. The summed E-state index contributed by atoms with van der Waals surface area (Å²) in [4.78, 5) is 9.34. The van der Waals surface area contributed by atoms with Gasteiger partial charge in [0.2, 0.25) is 5.88 Å². The normalized spacial score (nSPS) is 29.9. The molecule has 1 aliphatic carbocycles. The van der Waals surface area contributed by atoms with Crippen molar-refractivity contribution >= 4 is 16.8 Å². The van der Waals surface area contributed by atoms with Crippen LogP contribution in [0.5, 0.6) is 0 Å². The van der Waals surface area contributed by atoms with Gasteiger partial charge >= 0.3 is 0 Å². The molecule has 1 saturated carbocycles. The van der Waals surface area contributed by atoms with E-state index >= 15 is 4.39 Å². The highest BCUT2D eigenvalue weighted by atomic mass is 19.1. The van der Waals surface area contributed by atoms with Crippen LogP contribution in [0.15, 0.2) is 35.3 Å². The SMILES string of the molecule is COC1=NC(OCCN2CC(CF)C2)=CC(C)C1[C@@H]1c2ccc3[nH]ncc3c2C[C@@H](C)N1CC1(F)CC1. The van der Waals surface area contributed by atoms with Crippen LogP contribution in [0.1, 0.15) is 43.9 Å².